The maximum absolute atomic E-state index is 13.4. The van der Waals surface area contributed by atoms with Gasteiger partial charge >= 0.3 is 0 Å². The summed E-state index contributed by atoms with van der Waals surface area (Å²) >= 11 is 0. The summed E-state index contributed by atoms with van der Waals surface area (Å²) in [4.78, 5) is 18.2. The Kier molecular flexibility index (Phi) is 4.69. The first-order chi connectivity index (χ1) is 14.6. The summed E-state index contributed by atoms with van der Waals surface area (Å²) in [5.41, 5.74) is 4.84. The van der Waals surface area contributed by atoms with Crippen LogP contribution in [0, 0.1) is 11.8 Å². The maximum atomic E-state index is 13.4. The zero-order valence-corrected chi connectivity index (χ0v) is 17.9. The third kappa shape index (κ3) is 2.87. The van der Waals surface area contributed by atoms with E-state index in [1.807, 2.05) is 39.5 Å². The van der Waals surface area contributed by atoms with Crippen LogP contribution in [0.15, 0.2) is 53.6 Å². The van der Waals surface area contributed by atoms with Crippen molar-refractivity contribution in [2.24, 2.45) is 11.8 Å². The molecule has 0 amide bonds. The quantitative estimate of drug-likeness (QED) is 0.471. The van der Waals surface area contributed by atoms with Crippen molar-refractivity contribution in [3.8, 4) is 11.1 Å². The van der Waals surface area contributed by atoms with Gasteiger partial charge < -0.3 is 4.57 Å². The van der Waals surface area contributed by atoms with Crippen molar-refractivity contribution >= 4 is 16.6 Å². The number of nitrogens with zero attached hydrogens (tertiary/aromatic N) is 4. The number of hydrogen-bond donors (Lipinski definition) is 0. The molecule has 3 atom stereocenters. The highest BCUT2D eigenvalue weighted by Crippen LogP contribution is 2.37. The van der Waals surface area contributed by atoms with Gasteiger partial charge in [0, 0.05) is 24.0 Å². The van der Waals surface area contributed by atoms with Gasteiger partial charge in [-0.1, -0.05) is 63.9 Å². The standard InChI is InChI=1S/C25H28N4O/c1-4-20-23(18-10-6-5-7-11-18)24-26-15-19-22(29(24)27-20)13-14-28(25(19)30)21-12-8-9-16(2)17(21)3/h5-7,10-11,13-17,21H,4,8-9,12H2,1-3H3/t16-,17-,21-/m1/s1. The van der Waals surface area contributed by atoms with E-state index in [0.717, 1.165) is 40.8 Å². The Morgan fingerprint density at radius 1 is 1.10 bits per heavy atom. The molecule has 0 unspecified atom stereocenters. The number of rotatable bonds is 3. The Bertz CT molecular complexity index is 1270. The van der Waals surface area contributed by atoms with E-state index in [2.05, 4.69) is 32.9 Å². The fraction of sp³-hybridized carbons (Fsp3) is 0.400. The van der Waals surface area contributed by atoms with E-state index >= 15 is 0 Å². The van der Waals surface area contributed by atoms with Gasteiger partial charge in [-0.25, -0.2) is 9.50 Å². The van der Waals surface area contributed by atoms with Crippen molar-refractivity contribution in [1.29, 1.82) is 0 Å². The Hall–Kier alpha value is -2.95. The van der Waals surface area contributed by atoms with Gasteiger partial charge in [0.1, 0.15) is 0 Å². The molecular weight excluding hydrogens is 372 g/mol. The molecule has 4 aromatic rings. The van der Waals surface area contributed by atoms with E-state index < -0.39 is 0 Å². The van der Waals surface area contributed by atoms with Crippen molar-refractivity contribution < 1.29 is 0 Å². The van der Waals surface area contributed by atoms with Crippen LogP contribution < -0.4 is 5.56 Å². The van der Waals surface area contributed by atoms with Crippen LogP contribution in [0.2, 0.25) is 0 Å². The molecule has 0 aliphatic heterocycles. The van der Waals surface area contributed by atoms with E-state index in [9.17, 15) is 4.79 Å². The third-order valence-corrected chi connectivity index (χ3v) is 7.03. The maximum Gasteiger partial charge on any atom is 0.261 e. The lowest BCUT2D eigenvalue weighted by Crippen LogP contribution is -2.33. The van der Waals surface area contributed by atoms with Crippen molar-refractivity contribution in [3.05, 3.63) is 64.8 Å². The van der Waals surface area contributed by atoms with Gasteiger partial charge in [-0.15, -0.1) is 0 Å². The zero-order valence-electron chi connectivity index (χ0n) is 17.9. The molecule has 0 bridgehead atoms. The van der Waals surface area contributed by atoms with E-state index in [0.29, 0.717) is 17.2 Å². The van der Waals surface area contributed by atoms with Crippen LogP contribution in [0.5, 0.6) is 0 Å². The van der Waals surface area contributed by atoms with Crippen LogP contribution >= 0.6 is 0 Å². The molecule has 30 heavy (non-hydrogen) atoms. The van der Waals surface area contributed by atoms with Gasteiger partial charge in [0.05, 0.1) is 16.6 Å². The molecule has 154 valence electrons. The molecule has 5 rings (SSSR count). The van der Waals surface area contributed by atoms with Gasteiger partial charge in [-0.05, 0) is 36.3 Å². The first-order valence-electron chi connectivity index (χ1n) is 11.1. The van der Waals surface area contributed by atoms with Gasteiger partial charge in [0.2, 0.25) is 0 Å². The van der Waals surface area contributed by atoms with Gasteiger partial charge in [0.15, 0.2) is 5.65 Å². The lowest BCUT2D eigenvalue weighted by molar-refractivity contribution is 0.183. The molecule has 3 heterocycles. The Morgan fingerprint density at radius 2 is 1.90 bits per heavy atom. The molecule has 1 saturated carbocycles. The summed E-state index contributed by atoms with van der Waals surface area (Å²) < 4.78 is 3.80. The van der Waals surface area contributed by atoms with Crippen molar-refractivity contribution in [2.75, 3.05) is 0 Å². The minimum Gasteiger partial charge on any atom is -0.311 e. The highest BCUT2D eigenvalue weighted by Gasteiger charge is 2.29. The topological polar surface area (TPSA) is 52.2 Å². The monoisotopic (exact) mass is 400 g/mol. The first kappa shape index (κ1) is 19.0. The van der Waals surface area contributed by atoms with Gasteiger partial charge in [-0.3, -0.25) is 4.79 Å². The summed E-state index contributed by atoms with van der Waals surface area (Å²) in [6.07, 6.45) is 8.01. The highest BCUT2D eigenvalue weighted by molar-refractivity contribution is 5.86. The SMILES string of the molecule is CCc1nn2c(ncc3c(=O)n([C@@H]4CCC[C@@H](C)[C@H]4C)ccc32)c1-c1ccccc1. The van der Waals surface area contributed by atoms with E-state index in [1.54, 1.807) is 6.20 Å². The normalized spacial score (nSPS) is 22.0. The smallest absolute Gasteiger partial charge is 0.261 e. The largest absolute Gasteiger partial charge is 0.311 e. The molecule has 1 aliphatic carbocycles. The van der Waals surface area contributed by atoms with Crippen LogP contribution in [0.25, 0.3) is 27.7 Å². The minimum atomic E-state index is 0.0441. The van der Waals surface area contributed by atoms with Crippen molar-refractivity contribution in [3.63, 3.8) is 0 Å². The third-order valence-electron chi connectivity index (χ3n) is 7.03. The summed E-state index contributed by atoms with van der Waals surface area (Å²) in [5.74, 6) is 1.13. The summed E-state index contributed by atoms with van der Waals surface area (Å²) in [6, 6.07) is 12.6. The van der Waals surface area contributed by atoms with Crippen molar-refractivity contribution in [2.45, 2.75) is 52.5 Å². The van der Waals surface area contributed by atoms with E-state index in [4.69, 9.17) is 10.1 Å². The summed E-state index contributed by atoms with van der Waals surface area (Å²) in [7, 11) is 0. The Balaban J connectivity index is 1.71. The lowest BCUT2D eigenvalue weighted by Gasteiger charge is -2.35. The molecule has 0 radical (unpaired) electrons. The number of aromatic nitrogens is 4. The zero-order chi connectivity index (χ0) is 20.8. The highest BCUT2D eigenvalue weighted by atomic mass is 16.1. The summed E-state index contributed by atoms with van der Waals surface area (Å²) in [5, 5.41) is 5.49. The molecule has 5 heteroatoms. The molecule has 3 aromatic heterocycles. The minimum absolute atomic E-state index is 0.0441. The number of fused-ring (bicyclic) bond motifs is 3. The Labute approximate surface area is 176 Å². The van der Waals surface area contributed by atoms with Crippen LogP contribution in [0.3, 0.4) is 0 Å². The molecule has 0 spiro atoms. The van der Waals surface area contributed by atoms with Gasteiger partial charge in [0.25, 0.3) is 5.56 Å². The van der Waals surface area contributed by atoms with E-state index in [1.165, 1.54) is 12.8 Å². The predicted molar refractivity (Wildman–Crippen MR) is 121 cm³/mol. The number of pyridine rings is 1. The van der Waals surface area contributed by atoms with Crippen LogP contribution in [0.4, 0.5) is 0 Å². The second-order valence-electron chi connectivity index (χ2n) is 8.70. The average Bonchev–Trinajstić information content (AvgIpc) is 3.16. The van der Waals surface area contributed by atoms with Crippen LogP contribution in [-0.2, 0) is 6.42 Å². The molecule has 0 N–H and O–H groups in total. The molecule has 5 nitrogen and oxygen atoms in total. The average molecular weight is 401 g/mol. The van der Waals surface area contributed by atoms with Crippen molar-refractivity contribution in [1.82, 2.24) is 19.2 Å². The molecule has 1 fully saturated rings. The van der Waals surface area contributed by atoms with Crippen LogP contribution in [0.1, 0.15) is 51.8 Å². The molecular formula is C25H28N4O. The fourth-order valence-electron chi connectivity index (χ4n) is 5.08. The van der Waals surface area contributed by atoms with Crippen LogP contribution in [-0.4, -0.2) is 19.2 Å². The van der Waals surface area contributed by atoms with E-state index in [-0.39, 0.29) is 11.6 Å². The Morgan fingerprint density at radius 3 is 2.67 bits per heavy atom. The summed E-state index contributed by atoms with van der Waals surface area (Å²) in [6.45, 7) is 6.68. The molecule has 0 saturated heterocycles. The number of hydrogen-bond acceptors (Lipinski definition) is 3. The first-order valence-corrected chi connectivity index (χ1v) is 11.1. The predicted octanol–water partition coefficient (Wildman–Crippen LogP) is 5.27. The molecule has 1 aliphatic rings. The second-order valence-corrected chi connectivity index (χ2v) is 8.70. The number of benzene rings is 1. The van der Waals surface area contributed by atoms with Gasteiger partial charge in [-0.2, -0.15) is 5.10 Å². The second kappa shape index (κ2) is 7.38. The lowest BCUT2D eigenvalue weighted by atomic mass is 9.78. The fourth-order valence-corrected chi connectivity index (χ4v) is 5.08. The molecule has 1 aromatic carbocycles. The number of aryl methyl sites for hydroxylation is 1.